The first-order valence-corrected chi connectivity index (χ1v) is 10.0. The summed E-state index contributed by atoms with van der Waals surface area (Å²) in [6.45, 7) is 1.90. The van der Waals surface area contributed by atoms with Crippen LogP contribution in [0, 0.1) is 0 Å². The van der Waals surface area contributed by atoms with Gasteiger partial charge in [0.15, 0.2) is 0 Å². The van der Waals surface area contributed by atoms with Crippen molar-refractivity contribution in [3.8, 4) is 0 Å². The fourth-order valence-corrected chi connectivity index (χ4v) is 4.18. The van der Waals surface area contributed by atoms with Crippen LogP contribution in [0.3, 0.4) is 0 Å². The van der Waals surface area contributed by atoms with Crippen LogP contribution in [-0.4, -0.2) is 40.6 Å². The van der Waals surface area contributed by atoms with Gasteiger partial charge in [0, 0.05) is 18.7 Å². The number of anilines is 2. The van der Waals surface area contributed by atoms with Crippen LogP contribution < -0.4 is 9.80 Å². The summed E-state index contributed by atoms with van der Waals surface area (Å²) >= 11 is 0.882. The third-order valence-electron chi connectivity index (χ3n) is 4.59. The third kappa shape index (κ3) is 4.10. The summed E-state index contributed by atoms with van der Waals surface area (Å²) < 4.78 is 0. The maximum Gasteiger partial charge on any atom is 0.293 e. The van der Waals surface area contributed by atoms with Gasteiger partial charge in [-0.15, -0.1) is 0 Å². The number of imide groups is 1. The molecule has 1 saturated heterocycles. The van der Waals surface area contributed by atoms with E-state index in [0.29, 0.717) is 17.8 Å². The molecule has 1 fully saturated rings. The van der Waals surface area contributed by atoms with Crippen molar-refractivity contribution < 1.29 is 19.5 Å². The number of aliphatic hydroxyl groups is 1. The van der Waals surface area contributed by atoms with Crippen LogP contribution in [0.2, 0.25) is 0 Å². The monoisotopic (exact) mass is 398 g/mol. The van der Waals surface area contributed by atoms with E-state index < -0.39 is 5.25 Å². The van der Waals surface area contributed by atoms with Gasteiger partial charge in [-0.25, -0.2) is 4.90 Å². The van der Waals surface area contributed by atoms with Gasteiger partial charge in [-0.3, -0.25) is 14.4 Å². The number of rotatable bonds is 7. The van der Waals surface area contributed by atoms with E-state index >= 15 is 0 Å². The number of hydrogen-bond acceptors (Lipinski definition) is 5. The lowest BCUT2D eigenvalue weighted by atomic mass is 10.1. The zero-order valence-corrected chi connectivity index (χ0v) is 16.4. The molecule has 2 aromatic rings. The molecule has 7 heteroatoms. The Labute approximate surface area is 168 Å². The highest BCUT2D eigenvalue weighted by Gasteiger charge is 2.42. The van der Waals surface area contributed by atoms with Gasteiger partial charge in [0.1, 0.15) is 5.25 Å². The number of carbonyl (C=O) groups excluding carboxylic acids is 3. The lowest BCUT2D eigenvalue weighted by Gasteiger charge is -2.23. The molecular weight excluding hydrogens is 376 g/mol. The van der Waals surface area contributed by atoms with Crippen LogP contribution in [0.4, 0.5) is 16.2 Å². The standard InChI is InChI=1S/C21H22N2O4S/c1-2-15-8-6-7-11-17(15)23-20(26)18(28-21(23)27)14-19(25)22(12-13-24)16-9-4-3-5-10-16/h3-11,18,24H,2,12-14H2,1H3. The summed E-state index contributed by atoms with van der Waals surface area (Å²) in [5, 5.41) is 8.19. The van der Waals surface area contributed by atoms with Crippen molar-refractivity contribution in [3.63, 3.8) is 0 Å². The summed E-state index contributed by atoms with van der Waals surface area (Å²) in [5.41, 5.74) is 2.14. The molecule has 3 amide bonds. The van der Waals surface area contributed by atoms with Crippen LogP contribution in [0.25, 0.3) is 0 Å². The van der Waals surface area contributed by atoms with Crippen molar-refractivity contribution >= 4 is 40.2 Å². The molecule has 1 unspecified atom stereocenters. The van der Waals surface area contributed by atoms with Gasteiger partial charge < -0.3 is 10.0 Å². The van der Waals surface area contributed by atoms with Crippen molar-refractivity contribution in [2.45, 2.75) is 25.0 Å². The highest BCUT2D eigenvalue weighted by Crippen LogP contribution is 2.35. The molecule has 0 aromatic heterocycles. The van der Waals surface area contributed by atoms with Gasteiger partial charge >= 0.3 is 0 Å². The average molecular weight is 398 g/mol. The maximum atomic E-state index is 12.9. The second kappa shape index (κ2) is 9.03. The van der Waals surface area contributed by atoms with E-state index in [1.54, 1.807) is 36.4 Å². The highest BCUT2D eigenvalue weighted by molar-refractivity contribution is 8.15. The summed E-state index contributed by atoms with van der Waals surface area (Å²) in [5.74, 6) is -0.675. The van der Waals surface area contributed by atoms with E-state index in [2.05, 4.69) is 0 Å². The van der Waals surface area contributed by atoms with Crippen molar-refractivity contribution in [1.29, 1.82) is 0 Å². The van der Waals surface area contributed by atoms with E-state index in [9.17, 15) is 19.5 Å². The van der Waals surface area contributed by atoms with Crippen LogP contribution >= 0.6 is 11.8 Å². The first-order valence-electron chi connectivity index (χ1n) is 9.15. The Morgan fingerprint density at radius 1 is 1.11 bits per heavy atom. The molecule has 1 aliphatic rings. The summed E-state index contributed by atoms with van der Waals surface area (Å²) in [7, 11) is 0. The Morgan fingerprint density at radius 2 is 1.79 bits per heavy atom. The molecule has 3 rings (SSSR count). The SMILES string of the molecule is CCc1ccccc1N1C(=O)SC(CC(=O)N(CCO)c2ccccc2)C1=O. The molecule has 0 bridgehead atoms. The molecular formula is C21H22N2O4S. The van der Waals surface area contributed by atoms with E-state index in [1.807, 2.05) is 25.1 Å². The summed E-state index contributed by atoms with van der Waals surface area (Å²) in [4.78, 5) is 40.9. The van der Waals surface area contributed by atoms with Crippen molar-refractivity contribution in [2.24, 2.45) is 0 Å². The normalized spacial score (nSPS) is 16.5. The predicted molar refractivity (Wildman–Crippen MR) is 111 cm³/mol. The lowest BCUT2D eigenvalue weighted by molar-refractivity contribution is -0.122. The first kappa shape index (κ1) is 20.1. The molecule has 2 aromatic carbocycles. The van der Waals surface area contributed by atoms with Crippen molar-refractivity contribution in [3.05, 3.63) is 60.2 Å². The number of benzene rings is 2. The molecule has 146 valence electrons. The van der Waals surface area contributed by atoms with E-state index in [-0.39, 0.29) is 36.6 Å². The van der Waals surface area contributed by atoms with Crippen molar-refractivity contribution in [1.82, 2.24) is 0 Å². The van der Waals surface area contributed by atoms with Gasteiger partial charge in [0.2, 0.25) is 11.8 Å². The number of carbonyl (C=O) groups is 3. The lowest BCUT2D eigenvalue weighted by Crippen LogP contribution is -2.38. The molecule has 1 heterocycles. The molecule has 28 heavy (non-hydrogen) atoms. The van der Waals surface area contributed by atoms with Gasteiger partial charge in [-0.1, -0.05) is 43.3 Å². The molecule has 0 radical (unpaired) electrons. The van der Waals surface area contributed by atoms with Gasteiger partial charge in [-0.2, -0.15) is 0 Å². The number of nitrogens with zero attached hydrogens (tertiary/aromatic N) is 2. The number of aryl methyl sites for hydroxylation is 1. The molecule has 6 nitrogen and oxygen atoms in total. The van der Waals surface area contributed by atoms with Gasteiger partial charge in [0.25, 0.3) is 5.24 Å². The highest BCUT2D eigenvalue weighted by atomic mass is 32.2. The fraction of sp³-hybridized carbons (Fsp3) is 0.286. The molecule has 1 aliphatic heterocycles. The quantitative estimate of drug-likeness (QED) is 0.775. The maximum absolute atomic E-state index is 12.9. The summed E-state index contributed by atoms with van der Waals surface area (Å²) in [6.07, 6.45) is 0.592. The van der Waals surface area contributed by atoms with Gasteiger partial charge in [0.05, 0.1) is 12.3 Å². The number of amides is 3. The van der Waals surface area contributed by atoms with Gasteiger partial charge in [-0.05, 0) is 41.9 Å². The molecule has 0 saturated carbocycles. The topological polar surface area (TPSA) is 77.9 Å². The fourth-order valence-electron chi connectivity index (χ4n) is 3.21. The molecule has 1 atom stereocenters. The Kier molecular flexibility index (Phi) is 6.49. The third-order valence-corrected chi connectivity index (χ3v) is 5.62. The predicted octanol–water partition coefficient (Wildman–Crippen LogP) is 3.23. The minimum absolute atomic E-state index is 0.102. The minimum Gasteiger partial charge on any atom is -0.395 e. The van der Waals surface area contributed by atoms with E-state index in [4.69, 9.17) is 0 Å². The Morgan fingerprint density at radius 3 is 2.46 bits per heavy atom. The molecule has 1 N–H and O–H groups in total. The number of para-hydroxylation sites is 2. The summed E-state index contributed by atoms with van der Waals surface area (Å²) in [6, 6.07) is 16.3. The number of hydrogen-bond donors (Lipinski definition) is 1. The Hall–Kier alpha value is -2.64. The van der Waals surface area contributed by atoms with Crippen LogP contribution in [0.15, 0.2) is 54.6 Å². The Balaban J connectivity index is 1.78. The smallest absolute Gasteiger partial charge is 0.293 e. The van der Waals surface area contributed by atoms with E-state index in [1.165, 1.54) is 9.80 Å². The minimum atomic E-state index is -0.769. The van der Waals surface area contributed by atoms with Crippen LogP contribution in [0.5, 0.6) is 0 Å². The molecule has 0 spiro atoms. The average Bonchev–Trinajstić information content (AvgIpc) is 2.99. The second-order valence-corrected chi connectivity index (χ2v) is 7.49. The molecule has 0 aliphatic carbocycles. The zero-order valence-electron chi connectivity index (χ0n) is 15.6. The van der Waals surface area contributed by atoms with Crippen LogP contribution in [0.1, 0.15) is 18.9 Å². The number of thioether (sulfide) groups is 1. The Bertz CT molecular complexity index is 872. The second-order valence-electron chi connectivity index (χ2n) is 6.34. The van der Waals surface area contributed by atoms with Crippen molar-refractivity contribution in [2.75, 3.05) is 23.0 Å². The zero-order chi connectivity index (χ0) is 20.1. The number of aliphatic hydroxyl groups excluding tert-OH is 1. The largest absolute Gasteiger partial charge is 0.395 e. The first-order chi connectivity index (χ1) is 13.6. The van der Waals surface area contributed by atoms with E-state index in [0.717, 1.165) is 17.3 Å². The van der Waals surface area contributed by atoms with Crippen LogP contribution in [-0.2, 0) is 16.0 Å².